The number of methoxy groups -OCH3 is 1. The average molecular weight is 411 g/mol. The molecule has 0 bridgehead atoms. The fourth-order valence-electron chi connectivity index (χ4n) is 4.62. The van der Waals surface area contributed by atoms with Crippen LogP contribution < -0.4 is 4.74 Å². The van der Waals surface area contributed by atoms with Gasteiger partial charge in [0.2, 0.25) is 0 Å². The van der Waals surface area contributed by atoms with E-state index in [1.54, 1.807) is 7.11 Å². The number of nitrogens with zero attached hydrogens (tertiary/aromatic N) is 2. The van der Waals surface area contributed by atoms with Gasteiger partial charge in [-0.1, -0.05) is 36.8 Å². The number of benzene rings is 2. The Kier molecular flexibility index (Phi) is 8.68. The lowest BCUT2D eigenvalue weighted by molar-refractivity contribution is 0.0898. The summed E-state index contributed by atoms with van der Waals surface area (Å²) in [5, 5.41) is 2.56. The Morgan fingerprint density at radius 1 is 0.852 bits per heavy atom. The van der Waals surface area contributed by atoms with Crippen molar-refractivity contribution in [3.63, 3.8) is 0 Å². The summed E-state index contributed by atoms with van der Waals surface area (Å²) in [4.78, 5) is 5.39. The van der Waals surface area contributed by atoms with Gasteiger partial charge < -0.3 is 9.64 Å². The maximum atomic E-state index is 5.53. The zero-order chi connectivity index (χ0) is 17.1. The molecule has 4 rings (SSSR count). The Morgan fingerprint density at radius 2 is 1.52 bits per heavy atom. The zero-order valence-electron chi connectivity index (χ0n) is 16.2. The fourth-order valence-corrected chi connectivity index (χ4v) is 4.62. The molecule has 0 N–H and O–H groups in total. The van der Waals surface area contributed by atoms with Crippen molar-refractivity contribution in [3.05, 3.63) is 42.0 Å². The lowest BCUT2D eigenvalue weighted by atomic mass is 9.98. The molecule has 2 aromatic carbocycles. The van der Waals surface area contributed by atoms with Crippen LogP contribution in [-0.2, 0) is 6.54 Å². The van der Waals surface area contributed by atoms with Crippen LogP contribution in [0.1, 0.15) is 37.7 Å². The first-order valence-electron chi connectivity index (χ1n) is 9.86. The number of piperidine rings is 2. The zero-order valence-corrected chi connectivity index (χ0v) is 17.9. The molecule has 0 aromatic heterocycles. The number of halogens is 2. The van der Waals surface area contributed by atoms with Crippen LogP contribution in [0.4, 0.5) is 0 Å². The number of fused-ring (bicyclic) bond motifs is 1. The van der Waals surface area contributed by atoms with E-state index in [2.05, 4.69) is 46.2 Å². The van der Waals surface area contributed by atoms with Gasteiger partial charge in [0, 0.05) is 18.0 Å². The van der Waals surface area contributed by atoms with Crippen LogP contribution >= 0.6 is 24.8 Å². The molecule has 150 valence electrons. The Hall–Kier alpha value is -1.000. The van der Waals surface area contributed by atoms with Crippen molar-refractivity contribution < 1.29 is 4.74 Å². The van der Waals surface area contributed by atoms with Gasteiger partial charge in [-0.05, 0) is 68.9 Å². The summed E-state index contributed by atoms with van der Waals surface area (Å²) in [6.45, 7) is 6.15. The molecule has 0 unspecified atom stereocenters. The average Bonchev–Trinajstić information content (AvgIpc) is 2.69. The van der Waals surface area contributed by atoms with Crippen LogP contribution in [0.15, 0.2) is 36.4 Å². The third-order valence-electron chi connectivity index (χ3n) is 6.05. The molecule has 0 amide bonds. The van der Waals surface area contributed by atoms with Crippen LogP contribution in [0.2, 0.25) is 0 Å². The first-order chi connectivity index (χ1) is 12.3. The van der Waals surface area contributed by atoms with Crippen molar-refractivity contribution in [1.82, 2.24) is 9.80 Å². The van der Waals surface area contributed by atoms with E-state index in [-0.39, 0.29) is 24.8 Å². The summed E-state index contributed by atoms with van der Waals surface area (Å²) in [6.07, 6.45) is 6.89. The van der Waals surface area contributed by atoms with Crippen LogP contribution in [0.25, 0.3) is 10.8 Å². The summed E-state index contributed by atoms with van der Waals surface area (Å²) in [7, 11) is 1.76. The first kappa shape index (κ1) is 22.3. The van der Waals surface area contributed by atoms with E-state index >= 15 is 0 Å². The molecular formula is C22H32Cl2N2O. The van der Waals surface area contributed by atoms with Gasteiger partial charge in [0.25, 0.3) is 0 Å². The van der Waals surface area contributed by atoms with E-state index < -0.39 is 0 Å². The highest BCUT2D eigenvalue weighted by molar-refractivity contribution is 5.91. The van der Waals surface area contributed by atoms with Crippen LogP contribution in [0.5, 0.6) is 5.75 Å². The minimum atomic E-state index is 0. The van der Waals surface area contributed by atoms with Gasteiger partial charge in [-0.2, -0.15) is 0 Å². The van der Waals surface area contributed by atoms with Crippen molar-refractivity contribution in [3.8, 4) is 5.75 Å². The molecule has 2 heterocycles. The minimum Gasteiger partial charge on any atom is -0.496 e. The summed E-state index contributed by atoms with van der Waals surface area (Å²) in [6, 6.07) is 13.8. The Balaban J connectivity index is 0.00000131. The van der Waals surface area contributed by atoms with Gasteiger partial charge in [-0.25, -0.2) is 0 Å². The fraction of sp³-hybridized carbons (Fsp3) is 0.545. The van der Waals surface area contributed by atoms with Crippen LogP contribution in [0, 0.1) is 0 Å². The monoisotopic (exact) mass is 410 g/mol. The number of hydrogen-bond donors (Lipinski definition) is 0. The highest BCUT2D eigenvalue weighted by atomic mass is 35.5. The van der Waals surface area contributed by atoms with E-state index in [0.717, 1.165) is 18.3 Å². The standard InChI is InChI=1S/C22H30N2O.2ClH/c1-25-22-10-9-18(20-7-3-4-8-21(20)22)17-23-15-11-19(12-16-23)24-13-5-2-6-14-24;;/h3-4,7-10,19H,2,5-6,11-17H2,1H3;2*1H. The molecule has 0 radical (unpaired) electrons. The molecular weight excluding hydrogens is 379 g/mol. The topological polar surface area (TPSA) is 15.7 Å². The minimum absolute atomic E-state index is 0. The van der Waals surface area contributed by atoms with E-state index in [0.29, 0.717) is 0 Å². The van der Waals surface area contributed by atoms with E-state index in [1.165, 1.54) is 74.6 Å². The number of ether oxygens (including phenoxy) is 1. The van der Waals surface area contributed by atoms with Crippen molar-refractivity contribution in [2.45, 2.75) is 44.7 Å². The van der Waals surface area contributed by atoms with Crippen molar-refractivity contribution in [2.75, 3.05) is 33.3 Å². The Labute approximate surface area is 175 Å². The molecule has 0 aliphatic carbocycles. The Bertz CT molecular complexity index is 711. The number of rotatable bonds is 4. The molecule has 0 atom stereocenters. The number of hydrogen-bond acceptors (Lipinski definition) is 3. The molecule has 2 aliphatic heterocycles. The predicted octanol–water partition coefficient (Wildman–Crippen LogP) is 5.14. The van der Waals surface area contributed by atoms with E-state index in [9.17, 15) is 0 Å². The van der Waals surface area contributed by atoms with E-state index in [1.807, 2.05) is 0 Å². The normalized spacial score (nSPS) is 19.3. The molecule has 0 spiro atoms. The van der Waals surface area contributed by atoms with Gasteiger partial charge in [0.1, 0.15) is 5.75 Å². The summed E-state index contributed by atoms with van der Waals surface area (Å²) in [5.41, 5.74) is 1.42. The lowest BCUT2D eigenvalue weighted by Crippen LogP contribution is -2.46. The van der Waals surface area contributed by atoms with Crippen molar-refractivity contribution in [2.24, 2.45) is 0 Å². The van der Waals surface area contributed by atoms with Gasteiger partial charge in [0.05, 0.1) is 7.11 Å². The maximum Gasteiger partial charge on any atom is 0.126 e. The third-order valence-corrected chi connectivity index (χ3v) is 6.05. The van der Waals surface area contributed by atoms with Gasteiger partial charge in [-0.3, -0.25) is 4.90 Å². The quantitative estimate of drug-likeness (QED) is 0.693. The molecule has 2 saturated heterocycles. The third kappa shape index (κ3) is 5.08. The van der Waals surface area contributed by atoms with Gasteiger partial charge >= 0.3 is 0 Å². The summed E-state index contributed by atoms with van der Waals surface area (Å²) >= 11 is 0. The van der Waals surface area contributed by atoms with Gasteiger partial charge in [-0.15, -0.1) is 24.8 Å². The predicted molar refractivity (Wildman–Crippen MR) is 119 cm³/mol. The van der Waals surface area contributed by atoms with Crippen molar-refractivity contribution >= 4 is 35.6 Å². The van der Waals surface area contributed by atoms with E-state index in [4.69, 9.17) is 4.74 Å². The van der Waals surface area contributed by atoms with Crippen molar-refractivity contribution in [1.29, 1.82) is 0 Å². The highest BCUT2D eigenvalue weighted by Gasteiger charge is 2.25. The van der Waals surface area contributed by atoms with Crippen LogP contribution in [-0.4, -0.2) is 49.1 Å². The smallest absolute Gasteiger partial charge is 0.126 e. The molecule has 5 heteroatoms. The SMILES string of the molecule is COc1ccc(CN2CCC(N3CCCCC3)CC2)c2ccccc12.Cl.Cl. The number of likely N-dealkylation sites (tertiary alicyclic amines) is 2. The molecule has 27 heavy (non-hydrogen) atoms. The molecule has 3 nitrogen and oxygen atoms in total. The summed E-state index contributed by atoms with van der Waals surface area (Å²) < 4.78 is 5.53. The van der Waals surface area contributed by atoms with Crippen LogP contribution in [0.3, 0.4) is 0 Å². The second-order valence-electron chi connectivity index (χ2n) is 7.58. The van der Waals surface area contributed by atoms with Gasteiger partial charge in [0.15, 0.2) is 0 Å². The summed E-state index contributed by atoms with van der Waals surface area (Å²) in [5.74, 6) is 0.975. The second kappa shape index (κ2) is 10.5. The largest absolute Gasteiger partial charge is 0.496 e. The molecule has 2 aromatic rings. The lowest BCUT2D eigenvalue weighted by Gasteiger charge is -2.40. The highest BCUT2D eigenvalue weighted by Crippen LogP contribution is 2.30. The molecule has 2 aliphatic rings. The molecule has 2 fully saturated rings. The second-order valence-corrected chi connectivity index (χ2v) is 7.58. The first-order valence-corrected chi connectivity index (χ1v) is 9.86. The molecule has 0 saturated carbocycles. The maximum absolute atomic E-state index is 5.53. The Morgan fingerprint density at radius 3 is 2.19 bits per heavy atom.